The van der Waals surface area contributed by atoms with Gasteiger partial charge in [-0.1, -0.05) is 20.8 Å². The summed E-state index contributed by atoms with van der Waals surface area (Å²) in [7, 11) is 0. The van der Waals surface area contributed by atoms with Gasteiger partial charge in [0, 0.05) is 37.0 Å². The van der Waals surface area contributed by atoms with Crippen molar-refractivity contribution in [3.8, 4) is 0 Å². The Balaban J connectivity index is 1.81. The summed E-state index contributed by atoms with van der Waals surface area (Å²) >= 11 is 1.75. The Morgan fingerprint density at radius 2 is 1.95 bits per heavy atom. The van der Waals surface area contributed by atoms with Crippen LogP contribution in [-0.4, -0.2) is 71.6 Å². The number of carbonyl (C=O) groups excluding carboxylic acids is 1. The topological polar surface area (TPSA) is 32.8 Å². The van der Waals surface area contributed by atoms with Crippen LogP contribution < -0.4 is 0 Å². The first-order valence-electron chi connectivity index (χ1n) is 7.69. The molecule has 2 aliphatic rings. The van der Waals surface area contributed by atoms with Gasteiger partial charge in [-0.05, 0) is 12.8 Å². The largest absolute Gasteiger partial charge is 0.379 e. The van der Waals surface area contributed by atoms with Crippen LogP contribution in [0.5, 0.6) is 0 Å². The molecule has 2 aliphatic heterocycles. The summed E-state index contributed by atoms with van der Waals surface area (Å²) in [5.41, 5.74) is 0. The van der Waals surface area contributed by atoms with Gasteiger partial charge in [0.1, 0.15) is 0 Å². The number of hydrogen-bond donors (Lipinski definition) is 0. The van der Waals surface area contributed by atoms with E-state index in [1.165, 1.54) is 0 Å². The van der Waals surface area contributed by atoms with E-state index in [0.717, 1.165) is 52.2 Å². The molecule has 0 spiro atoms. The molecular weight excluding hydrogens is 272 g/mol. The molecule has 2 saturated heterocycles. The second-order valence-corrected chi connectivity index (χ2v) is 8.50. The third-order valence-electron chi connectivity index (χ3n) is 3.90. The maximum absolute atomic E-state index is 12.4. The van der Waals surface area contributed by atoms with Crippen LogP contribution >= 0.6 is 11.8 Å². The second kappa shape index (κ2) is 7.14. The summed E-state index contributed by atoms with van der Waals surface area (Å²) in [6, 6.07) is 0.418. The molecule has 2 rings (SSSR count). The molecule has 0 aromatic heterocycles. The van der Waals surface area contributed by atoms with Gasteiger partial charge in [-0.2, -0.15) is 0 Å². The first kappa shape index (κ1) is 16.1. The Morgan fingerprint density at radius 3 is 2.60 bits per heavy atom. The number of nitrogens with zero attached hydrogens (tertiary/aromatic N) is 2. The summed E-state index contributed by atoms with van der Waals surface area (Å²) in [5, 5.41) is 0. The standard InChI is InChI=1S/C15H28N2O2S/c1-15(2,3)20-12-14(18)17-6-4-5-13(17)11-16-7-9-19-10-8-16/h13H,4-12H2,1-3H3/t13-/m1/s1. The Kier molecular flexibility index (Phi) is 5.75. The molecule has 0 aromatic carbocycles. The number of ether oxygens (including phenoxy) is 1. The molecule has 4 nitrogen and oxygen atoms in total. The van der Waals surface area contributed by atoms with Gasteiger partial charge < -0.3 is 9.64 Å². The van der Waals surface area contributed by atoms with Crippen LogP contribution in [-0.2, 0) is 9.53 Å². The van der Waals surface area contributed by atoms with Crippen LogP contribution in [0.25, 0.3) is 0 Å². The normalized spacial score (nSPS) is 25.1. The van der Waals surface area contributed by atoms with Gasteiger partial charge in [-0.25, -0.2) is 0 Å². The highest BCUT2D eigenvalue weighted by Crippen LogP contribution is 2.25. The highest BCUT2D eigenvalue weighted by Gasteiger charge is 2.30. The number of rotatable bonds is 4. The summed E-state index contributed by atoms with van der Waals surface area (Å²) in [6.45, 7) is 12.2. The van der Waals surface area contributed by atoms with E-state index in [-0.39, 0.29) is 4.75 Å². The van der Waals surface area contributed by atoms with Crippen LogP contribution in [0.2, 0.25) is 0 Å². The van der Waals surface area contributed by atoms with E-state index in [0.29, 0.717) is 17.7 Å². The smallest absolute Gasteiger partial charge is 0.232 e. The van der Waals surface area contributed by atoms with Crippen molar-refractivity contribution in [3.05, 3.63) is 0 Å². The summed E-state index contributed by atoms with van der Waals surface area (Å²) in [5.74, 6) is 0.934. The summed E-state index contributed by atoms with van der Waals surface area (Å²) in [6.07, 6.45) is 2.31. The second-order valence-electron chi connectivity index (χ2n) is 6.70. The van der Waals surface area contributed by atoms with Gasteiger partial charge in [-0.3, -0.25) is 9.69 Å². The molecule has 0 saturated carbocycles. The Labute approximate surface area is 127 Å². The summed E-state index contributed by atoms with van der Waals surface area (Å²) < 4.78 is 5.55. The van der Waals surface area contributed by atoms with Crippen LogP contribution in [0.1, 0.15) is 33.6 Å². The third kappa shape index (κ3) is 4.93. The lowest BCUT2D eigenvalue weighted by molar-refractivity contribution is -0.129. The fraction of sp³-hybridized carbons (Fsp3) is 0.933. The molecule has 1 atom stereocenters. The minimum atomic E-state index is 0.162. The van der Waals surface area contributed by atoms with Gasteiger partial charge in [0.25, 0.3) is 0 Å². The Bertz CT molecular complexity index is 324. The summed E-state index contributed by atoms with van der Waals surface area (Å²) in [4.78, 5) is 17.0. The SMILES string of the molecule is CC(C)(C)SCC(=O)N1CCC[C@@H]1CN1CCOCC1. The number of carbonyl (C=O) groups is 1. The van der Waals surface area contributed by atoms with E-state index in [1.807, 2.05) is 0 Å². The third-order valence-corrected chi connectivity index (χ3v) is 5.16. The minimum Gasteiger partial charge on any atom is -0.379 e. The zero-order valence-electron chi connectivity index (χ0n) is 13.1. The maximum Gasteiger partial charge on any atom is 0.232 e. The van der Waals surface area contributed by atoms with E-state index in [9.17, 15) is 4.79 Å². The fourth-order valence-corrected chi connectivity index (χ4v) is 3.52. The van der Waals surface area contributed by atoms with Crippen LogP contribution in [0.15, 0.2) is 0 Å². The molecule has 20 heavy (non-hydrogen) atoms. The van der Waals surface area contributed by atoms with Gasteiger partial charge in [0.05, 0.1) is 19.0 Å². The van der Waals surface area contributed by atoms with Crippen LogP contribution in [0.4, 0.5) is 0 Å². The van der Waals surface area contributed by atoms with Gasteiger partial charge in [0.2, 0.25) is 5.91 Å². The van der Waals surface area contributed by atoms with Crippen molar-refractivity contribution in [2.24, 2.45) is 0 Å². The first-order valence-corrected chi connectivity index (χ1v) is 8.68. The van der Waals surface area contributed by atoms with Crippen molar-refractivity contribution in [3.63, 3.8) is 0 Å². The van der Waals surface area contributed by atoms with Crippen molar-refractivity contribution < 1.29 is 9.53 Å². The Hall–Kier alpha value is -0.260. The highest BCUT2D eigenvalue weighted by atomic mass is 32.2. The number of thioether (sulfide) groups is 1. The van der Waals surface area contributed by atoms with E-state index in [2.05, 4.69) is 30.6 Å². The van der Waals surface area contributed by atoms with Gasteiger partial charge in [0.15, 0.2) is 0 Å². The molecule has 5 heteroatoms. The van der Waals surface area contributed by atoms with Crippen molar-refractivity contribution >= 4 is 17.7 Å². The average Bonchev–Trinajstić information content (AvgIpc) is 2.84. The molecule has 0 aliphatic carbocycles. The zero-order chi connectivity index (χ0) is 14.6. The highest BCUT2D eigenvalue weighted by molar-refractivity contribution is 8.01. The number of likely N-dealkylation sites (tertiary alicyclic amines) is 1. The van der Waals surface area contributed by atoms with Crippen molar-refractivity contribution in [1.29, 1.82) is 0 Å². The minimum absolute atomic E-state index is 0.162. The van der Waals surface area contributed by atoms with Crippen LogP contribution in [0, 0.1) is 0 Å². The fourth-order valence-electron chi connectivity index (χ4n) is 2.80. The van der Waals surface area contributed by atoms with Crippen LogP contribution in [0.3, 0.4) is 0 Å². The van der Waals surface area contributed by atoms with E-state index in [1.54, 1.807) is 11.8 Å². The molecule has 0 aromatic rings. The zero-order valence-corrected chi connectivity index (χ0v) is 13.9. The number of amides is 1. The molecule has 116 valence electrons. The monoisotopic (exact) mass is 300 g/mol. The molecule has 0 bridgehead atoms. The Morgan fingerprint density at radius 1 is 1.25 bits per heavy atom. The quantitative estimate of drug-likeness (QED) is 0.793. The first-order chi connectivity index (χ1) is 9.46. The van der Waals surface area contributed by atoms with Gasteiger partial charge >= 0.3 is 0 Å². The van der Waals surface area contributed by atoms with Crippen molar-refractivity contribution in [1.82, 2.24) is 9.80 Å². The average molecular weight is 300 g/mol. The molecular formula is C15H28N2O2S. The predicted molar refractivity (Wildman–Crippen MR) is 84.2 cm³/mol. The number of morpholine rings is 1. The lowest BCUT2D eigenvalue weighted by atomic mass is 10.2. The number of hydrogen-bond acceptors (Lipinski definition) is 4. The molecule has 0 N–H and O–H groups in total. The molecule has 2 heterocycles. The lowest BCUT2D eigenvalue weighted by Gasteiger charge is -2.33. The van der Waals surface area contributed by atoms with E-state index < -0.39 is 0 Å². The molecule has 2 fully saturated rings. The van der Waals surface area contributed by atoms with E-state index in [4.69, 9.17) is 4.74 Å². The predicted octanol–water partition coefficient (Wildman–Crippen LogP) is 1.84. The van der Waals surface area contributed by atoms with Gasteiger partial charge in [-0.15, -0.1) is 11.8 Å². The van der Waals surface area contributed by atoms with Crippen molar-refractivity contribution in [2.45, 2.75) is 44.4 Å². The molecule has 0 radical (unpaired) electrons. The molecule has 1 amide bonds. The lowest BCUT2D eigenvalue weighted by Crippen LogP contribution is -2.47. The van der Waals surface area contributed by atoms with E-state index >= 15 is 0 Å². The maximum atomic E-state index is 12.4. The molecule has 0 unspecified atom stereocenters. The van der Waals surface area contributed by atoms with Crippen molar-refractivity contribution in [2.75, 3.05) is 45.1 Å².